The Morgan fingerprint density at radius 1 is 1.25 bits per heavy atom. The third-order valence-electron chi connectivity index (χ3n) is 4.34. The second-order valence-corrected chi connectivity index (χ2v) is 5.85. The summed E-state index contributed by atoms with van der Waals surface area (Å²) in [5.41, 5.74) is 0.743. The van der Waals surface area contributed by atoms with Gasteiger partial charge in [0.15, 0.2) is 0 Å². The maximum absolute atomic E-state index is 13.0. The first kappa shape index (κ1) is 16.4. The maximum atomic E-state index is 13.0. The Morgan fingerprint density at radius 2 is 1.96 bits per heavy atom. The first-order valence-corrected chi connectivity index (χ1v) is 7.34. The van der Waals surface area contributed by atoms with Gasteiger partial charge in [-0.3, -0.25) is 4.79 Å². The molecule has 0 saturated carbocycles. The number of hydrogen-bond acceptors (Lipinski definition) is 3. The molecule has 0 bridgehead atoms. The highest BCUT2D eigenvalue weighted by atomic mass is 19.4. The van der Waals surface area contributed by atoms with Gasteiger partial charge in [0.1, 0.15) is 12.4 Å². The van der Waals surface area contributed by atoms with Crippen LogP contribution in [0.4, 0.5) is 18.0 Å². The Kier molecular flexibility index (Phi) is 4.02. The fraction of sp³-hybridized carbons (Fsp3) is 0.467. The third-order valence-corrected chi connectivity index (χ3v) is 4.34. The lowest BCUT2D eigenvalue weighted by Crippen LogP contribution is -2.41. The molecule has 24 heavy (non-hydrogen) atoms. The highest BCUT2D eigenvalue weighted by Crippen LogP contribution is 2.38. The summed E-state index contributed by atoms with van der Waals surface area (Å²) < 4.78 is 44.3. The summed E-state index contributed by atoms with van der Waals surface area (Å²) in [6, 6.07) is 5.84. The number of ether oxygens (including phenoxy) is 1. The van der Waals surface area contributed by atoms with Crippen molar-refractivity contribution in [3.8, 4) is 5.75 Å². The van der Waals surface area contributed by atoms with Crippen LogP contribution in [0.2, 0.25) is 0 Å². The van der Waals surface area contributed by atoms with E-state index in [4.69, 9.17) is 9.84 Å². The summed E-state index contributed by atoms with van der Waals surface area (Å²) in [6.45, 7) is -0.952. The smallest absolute Gasteiger partial charge is 0.394 e. The fourth-order valence-electron chi connectivity index (χ4n) is 3.07. The van der Waals surface area contributed by atoms with E-state index >= 15 is 0 Å². The normalized spacial score (nSPS) is 26.0. The Balaban J connectivity index is 1.69. The molecule has 2 aliphatic rings. The molecule has 1 fully saturated rings. The molecule has 0 aliphatic carbocycles. The molecule has 130 valence electrons. The molecule has 6 nitrogen and oxygen atoms in total. The Labute approximate surface area is 135 Å². The number of carbonyl (C=O) groups excluding carboxylic acids is 1. The van der Waals surface area contributed by atoms with Gasteiger partial charge in [-0.2, -0.15) is 13.2 Å². The van der Waals surface area contributed by atoms with E-state index < -0.39 is 49.1 Å². The van der Waals surface area contributed by atoms with Crippen LogP contribution in [0.1, 0.15) is 11.6 Å². The Morgan fingerprint density at radius 3 is 2.58 bits per heavy atom. The van der Waals surface area contributed by atoms with Gasteiger partial charge >= 0.3 is 18.2 Å². The zero-order valence-corrected chi connectivity index (χ0v) is 12.4. The van der Waals surface area contributed by atoms with Gasteiger partial charge in [-0.25, -0.2) is 4.79 Å². The van der Waals surface area contributed by atoms with E-state index in [1.807, 2.05) is 0 Å². The van der Waals surface area contributed by atoms with Gasteiger partial charge in [0.05, 0.1) is 17.9 Å². The summed E-state index contributed by atoms with van der Waals surface area (Å²) in [5, 5.41) is 11.6. The summed E-state index contributed by atoms with van der Waals surface area (Å²) in [7, 11) is 0. The summed E-state index contributed by atoms with van der Waals surface area (Å²) in [4.78, 5) is 24.2. The molecule has 1 saturated heterocycles. The molecule has 2 N–H and O–H groups in total. The number of fused-ring (bicyclic) bond motifs is 1. The zero-order chi connectivity index (χ0) is 17.5. The summed E-state index contributed by atoms with van der Waals surface area (Å²) >= 11 is 0. The van der Waals surface area contributed by atoms with Crippen LogP contribution >= 0.6 is 0 Å². The molecule has 0 spiro atoms. The molecule has 1 aromatic carbocycles. The number of nitrogens with zero attached hydrogens (tertiary/aromatic N) is 1. The van der Waals surface area contributed by atoms with Gasteiger partial charge < -0.3 is 20.1 Å². The van der Waals surface area contributed by atoms with E-state index in [2.05, 4.69) is 5.32 Å². The molecule has 9 heteroatoms. The molecule has 0 aromatic heterocycles. The number of carboxylic acid groups (broad SMARTS) is 1. The number of hydrogen-bond donors (Lipinski definition) is 2. The topological polar surface area (TPSA) is 78.9 Å². The number of likely N-dealkylation sites (tertiary alicyclic amines) is 1. The van der Waals surface area contributed by atoms with Gasteiger partial charge in [0, 0.05) is 18.7 Å². The minimum atomic E-state index is -4.67. The van der Waals surface area contributed by atoms with Crippen LogP contribution in [0, 0.1) is 11.8 Å². The van der Waals surface area contributed by atoms with Crippen molar-refractivity contribution >= 4 is 12.0 Å². The number of amides is 2. The highest BCUT2D eigenvalue weighted by Gasteiger charge is 2.53. The van der Waals surface area contributed by atoms with E-state index in [-0.39, 0.29) is 6.61 Å². The summed E-state index contributed by atoms with van der Waals surface area (Å²) in [5.74, 6) is -4.65. The molecule has 1 unspecified atom stereocenters. The number of urea groups is 1. The van der Waals surface area contributed by atoms with Crippen LogP contribution < -0.4 is 10.1 Å². The first-order valence-electron chi connectivity index (χ1n) is 7.34. The van der Waals surface area contributed by atoms with E-state index in [1.165, 1.54) is 0 Å². The standard InChI is InChI=1S/C15H15F3N2O4/c16-15(17,18)10-6-20(5-9(10)13(21)22)14(23)19-11-7-24-12-4-2-1-3-8(11)12/h1-4,9-11H,5-7H2,(H,19,23)(H,21,22)/t9-,10-,11?/m1/s1. The molecule has 3 atom stereocenters. The average Bonchev–Trinajstić information content (AvgIpc) is 3.11. The van der Waals surface area contributed by atoms with Crippen molar-refractivity contribution in [1.29, 1.82) is 0 Å². The van der Waals surface area contributed by atoms with E-state index in [9.17, 15) is 22.8 Å². The van der Waals surface area contributed by atoms with Crippen molar-refractivity contribution in [3.63, 3.8) is 0 Å². The quantitative estimate of drug-likeness (QED) is 0.860. The monoisotopic (exact) mass is 344 g/mol. The van der Waals surface area contributed by atoms with Crippen LogP contribution in [0.5, 0.6) is 5.75 Å². The number of aliphatic carboxylic acids is 1. The number of carbonyl (C=O) groups is 2. The predicted octanol–water partition coefficient (Wildman–Crippen LogP) is 2.02. The summed E-state index contributed by atoms with van der Waals surface area (Å²) in [6.07, 6.45) is -4.67. The van der Waals surface area contributed by atoms with Crippen molar-refractivity contribution in [1.82, 2.24) is 10.2 Å². The number of benzene rings is 1. The van der Waals surface area contributed by atoms with Crippen LogP contribution in [0.15, 0.2) is 24.3 Å². The zero-order valence-electron chi connectivity index (χ0n) is 12.4. The number of halogens is 3. The van der Waals surface area contributed by atoms with E-state index in [1.54, 1.807) is 24.3 Å². The molecular weight excluding hydrogens is 329 g/mol. The van der Waals surface area contributed by atoms with Crippen molar-refractivity contribution in [2.45, 2.75) is 12.2 Å². The number of para-hydroxylation sites is 1. The van der Waals surface area contributed by atoms with Gasteiger partial charge in [0.2, 0.25) is 0 Å². The highest BCUT2D eigenvalue weighted by molar-refractivity contribution is 5.78. The average molecular weight is 344 g/mol. The lowest BCUT2D eigenvalue weighted by molar-refractivity contribution is -0.187. The number of alkyl halides is 3. The first-order chi connectivity index (χ1) is 11.3. The predicted molar refractivity (Wildman–Crippen MR) is 75.5 cm³/mol. The SMILES string of the molecule is O=C(O)[C@@H]1CN(C(=O)NC2COc3ccccc32)C[C@H]1C(F)(F)F. The molecule has 0 radical (unpaired) electrons. The second kappa shape index (κ2) is 5.88. The lowest BCUT2D eigenvalue weighted by Gasteiger charge is -2.20. The lowest BCUT2D eigenvalue weighted by atomic mass is 9.96. The Bertz CT molecular complexity index is 664. The Hall–Kier alpha value is -2.45. The largest absolute Gasteiger partial charge is 0.491 e. The minimum absolute atomic E-state index is 0.185. The molecule has 2 amide bonds. The van der Waals surface area contributed by atoms with Crippen LogP contribution in [0.25, 0.3) is 0 Å². The van der Waals surface area contributed by atoms with Crippen molar-refractivity contribution < 1.29 is 32.6 Å². The minimum Gasteiger partial charge on any atom is -0.491 e. The molecular formula is C15H15F3N2O4. The molecule has 3 rings (SSSR count). The fourth-order valence-corrected chi connectivity index (χ4v) is 3.07. The van der Waals surface area contributed by atoms with Crippen LogP contribution in [0.3, 0.4) is 0 Å². The van der Waals surface area contributed by atoms with Gasteiger partial charge in [-0.15, -0.1) is 0 Å². The second-order valence-electron chi connectivity index (χ2n) is 5.85. The molecule has 2 aliphatic heterocycles. The van der Waals surface area contributed by atoms with E-state index in [0.29, 0.717) is 5.75 Å². The third kappa shape index (κ3) is 2.98. The van der Waals surface area contributed by atoms with E-state index in [0.717, 1.165) is 10.5 Å². The van der Waals surface area contributed by atoms with Gasteiger partial charge in [-0.1, -0.05) is 18.2 Å². The number of nitrogens with one attached hydrogen (secondary N) is 1. The molecule has 1 aromatic rings. The molecule has 2 heterocycles. The van der Waals surface area contributed by atoms with Crippen LogP contribution in [-0.2, 0) is 4.79 Å². The number of rotatable bonds is 2. The maximum Gasteiger partial charge on any atom is 0.394 e. The van der Waals surface area contributed by atoms with Gasteiger partial charge in [0.25, 0.3) is 0 Å². The number of carboxylic acids is 1. The van der Waals surface area contributed by atoms with Crippen molar-refractivity contribution in [2.75, 3.05) is 19.7 Å². The van der Waals surface area contributed by atoms with Crippen molar-refractivity contribution in [3.05, 3.63) is 29.8 Å². The van der Waals surface area contributed by atoms with Crippen molar-refractivity contribution in [2.24, 2.45) is 11.8 Å². The van der Waals surface area contributed by atoms with Crippen LogP contribution in [-0.4, -0.2) is 47.9 Å². The van der Waals surface area contributed by atoms with Gasteiger partial charge in [-0.05, 0) is 6.07 Å².